The molecule has 0 spiro atoms. The first-order chi connectivity index (χ1) is 11.3. The average Bonchev–Trinajstić information content (AvgIpc) is 2.61. The minimum atomic E-state index is 0.0681. The lowest BCUT2D eigenvalue weighted by Crippen LogP contribution is -2.38. The van der Waals surface area contributed by atoms with Crippen LogP contribution in [-0.2, 0) is 0 Å². The Bertz CT molecular complexity index is 692. The van der Waals surface area contributed by atoms with Crippen molar-refractivity contribution < 1.29 is 0 Å². The highest BCUT2D eigenvalue weighted by molar-refractivity contribution is 8.18. The Morgan fingerprint density at radius 3 is 2.35 bits per heavy atom. The fourth-order valence-corrected chi connectivity index (χ4v) is 6.26. The van der Waals surface area contributed by atoms with Crippen molar-refractivity contribution in [3.05, 3.63) is 77.9 Å². The average molecular weight is 339 g/mol. The molecule has 4 rings (SSSR count). The van der Waals surface area contributed by atoms with Crippen LogP contribution in [0, 0.1) is 5.92 Å². The number of hydrogen-bond donors (Lipinski definition) is 1. The molecule has 3 atom stereocenters. The molecule has 0 aromatic heterocycles. The van der Waals surface area contributed by atoms with Crippen molar-refractivity contribution in [3.8, 4) is 0 Å². The predicted molar refractivity (Wildman–Crippen MR) is 105 cm³/mol. The molecule has 2 heteroatoms. The SMILES string of the molecule is S[C@@]12CCCC[C@@H]1[C@@H](c1ccccc1)C=C(c1ccccc1)S2. The zero-order chi connectivity index (χ0) is 15.7. The highest BCUT2D eigenvalue weighted by Crippen LogP contribution is 2.60. The van der Waals surface area contributed by atoms with Crippen molar-refractivity contribution in [1.82, 2.24) is 0 Å². The Morgan fingerprint density at radius 2 is 1.61 bits per heavy atom. The highest BCUT2D eigenvalue weighted by Gasteiger charge is 2.45. The molecule has 0 amide bonds. The summed E-state index contributed by atoms with van der Waals surface area (Å²) < 4.78 is 0.0681. The molecule has 1 aliphatic carbocycles. The number of allylic oxidation sites excluding steroid dienone is 1. The van der Waals surface area contributed by atoms with Gasteiger partial charge >= 0.3 is 0 Å². The first-order valence-corrected chi connectivity index (χ1v) is 9.76. The smallest absolute Gasteiger partial charge is 0.0665 e. The Morgan fingerprint density at radius 1 is 0.913 bits per heavy atom. The maximum Gasteiger partial charge on any atom is 0.0665 e. The molecule has 1 fully saturated rings. The van der Waals surface area contributed by atoms with E-state index in [0.717, 1.165) is 0 Å². The van der Waals surface area contributed by atoms with Crippen LogP contribution in [0.25, 0.3) is 4.91 Å². The lowest BCUT2D eigenvalue weighted by Gasteiger charge is -2.47. The van der Waals surface area contributed by atoms with Crippen LogP contribution < -0.4 is 0 Å². The van der Waals surface area contributed by atoms with Crippen LogP contribution >= 0.6 is 24.4 Å². The van der Waals surface area contributed by atoms with Gasteiger partial charge < -0.3 is 0 Å². The molecule has 2 aromatic rings. The van der Waals surface area contributed by atoms with Crippen molar-refractivity contribution in [3.63, 3.8) is 0 Å². The third-order valence-electron chi connectivity index (χ3n) is 5.17. The highest BCUT2D eigenvalue weighted by atomic mass is 32.2. The van der Waals surface area contributed by atoms with E-state index < -0.39 is 0 Å². The number of rotatable bonds is 2. The second kappa shape index (κ2) is 6.41. The Labute approximate surface area is 148 Å². The molecule has 1 heterocycles. The molecule has 1 saturated carbocycles. The standard InChI is InChI=1S/C21H22S2/c22-21-14-8-7-13-19(21)18(16-9-3-1-4-10-16)15-20(23-21)17-11-5-2-6-12-17/h1-6,9-12,15,18-19,22H,7-8,13-14H2/t18-,19-,21-/m1/s1. The van der Waals surface area contributed by atoms with Crippen LogP contribution in [0.3, 0.4) is 0 Å². The molecule has 118 valence electrons. The molecule has 0 nitrogen and oxygen atoms in total. The minimum absolute atomic E-state index is 0.0681. The monoisotopic (exact) mass is 338 g/mol. The van der Waals surface area contributed by atoms with E-state index in [0.29, 0.717) is 11.8 Å². The number of hydrogen-bond acceptors (Lipinski definition) is 2. The van der Waals surface area contributed by atoms with Crippen LogP contribution in [0.5, 0.6) is 0 Å². The van der Waals surface area contributed by atoms with Gasteiger partial charge in [0.25, 0.3) is 0 Å². The maximum atomic E-state index is 5.22. The van der Waals surface area contributed by atoms with E-state index in [1.54, 1.807) is 0 Å². The summed E-state index contributed by atoms with van der Waals surface area (Å²) in [6.45, 7) is 0. The van der Waals surface area contributed by atoms with Gasteiger partial charge in [0.2, 0.25) is 0 Å². The molecular weight excluding hydrogens is 316 g/mol. The zero-order valence-electron chi connectivity index (χ0n) is 13.2. The fraction of sp³-hybridized carbons (Fsp3) is 0.333. The molecule has 1 aliphatic heterocycles. The second-order valence-electron chi connectivity index (χ2n) is 6.63. The molecular formula is C21H22S2. The van der Waals surface area contributed by atoms with Crippen molar-refractivity contribution in [2.75, 3.05) is 0 Å². The summed E-state index contributed by atoms with van der Waals surface area (Å²) in [6.07, 6.45) is 7.63. The zero-order valence-corrected chi connectivity index (χ0v) is 14.9. The summed E-state index contributed by atoms with van der Waals surface area (Å²) in [4.78, 5) is 1.40. The lowest BCUT2D eigenvalue weighted by molar-refractivity contribution is 0.322. The van der Waals surface area contributed by atoms with E-state index in [9.17, 15) is 0 Å². The molecule has 2 aromatic carbocycles. The number of thioether (sulfide) groups is 1. The van der Waals surface area contributed by atoms with Crippen LogP contribution in [0.2, 0.25) is 0 Å². The normalized spacial score (nSPS) is 30.4. The van der Waals surface area contributed by atoms with Crippen molar-refractivity contribution in [1.29, 1.82) is 0 Å². The van der Waals surface area contributed by atoms with E-state index in [2.05, 4.69) is 66.7 Å². The Balaban J connectivity index is 1.80. The molecule has 0 bridgehead atoms. The first-order valence-electron chi connectivity index (χ1n) is 8.50. The summed E-state index contributed by atoms with van der Waals surface area (Å²) in [5.74, 6) is 1.10. The van der Waals surface area contributed by atoms with Crippen molar-refractivity contribution in [2.24, 2.45) is 5.92 Å². The van der Waals surface area contributed by atoms with Crippen molar-refractivity contribution >= 4 is 29.3 Å². The van der Waals surface area contributed by atoms with Gasteiger partial charge in [0.15, 0.2) is 0 Å². The second-order valence-corrected chi connectivity index (χ2v) is 9.11. The fourth-order valence-electron chi connectivity index (χ4n) is 4.01. The van der Waals surface area contributed by atoms with E-state index in [-0.39, 0.29) is 4.08 Å². The summed E-state index contributed by atoms with van der Waals surface area (Å²) >= 11 is 7.21. The third kappa shape index (κ3) is 2.99. The number of thiol groups is 1. The summed E-state index contributed by atoms with van der Waals surface area (Å²) in [6, 6.07) is 21.8. The minimum Gasteiger partial charge on any atom is -0.161 e. The molecule has 0 unspecified atom stereocenters. The van der Waals surface area contributed by atoms with Gasteiger partial charge in [-0.2, -0.15) is 12.6 Å². The van der Waals surface area contributed by atoms with E-state index in [1.165, 1.54) is 41.7 Å². The largest absolute Gasteiger partial charge is 0.161 e. The van der Waals surface area contributed by atoms with Gasteiger partial charge in [-0.3, -0.25) is 0 Å². The van der Waals surface area contributed by atoms with E-state index in [1.807, 2.05) is 11.8 Å². The van der Waals surface area contributed by atoms with Crippen LogP contribution in [0.15, 0.2) is 66.7 Å². The van der Waals surface area contributed by atoms with Gasteiger partial charge in [0.1, 0.15) is 0 Å². The van der Waals surface area contributed by atoms with E-state index in [4.69, 9.17) is 12.6 Å². The maximum absolute atomic E-state index is 5.22. The predicted octanol–water partition coefficient (Wildman–Crippen LogP) is 6.37. The quantitative estimate of drug-likeness (QED) is 0.620. The third-order valence-corrected chi connectivity index (χ3v) is 7.45. The van der Waals surface area contributed by atoms with Crippen LogP contribution in [-0.4, -0.2) is 4.08 Å². The van der Waals surface area contributed by atoms with Crippen LogP contribution in [0.4, 0.5) is 0 Å². The number of benzene rings is 2. The van der Waals surface area contributed by atoms with Gasteiger partial charge in [-0.05, 0) is 29.9 Å². The lowest BCUT2D eigenvalue weighted by atomic mass is 9.75. The topological polar surface area (TPSA) is 0 Å². The molecule has 23 heavy (non-hydrogen) atoms. The Kier molecular flexibility index (Phi) is 4.29. The molecule has 0 saturated heterocycles. The van der Waals surface area contributed by atoms with Crippen molar-refractivity contribution in [2.45, 2.75) is 35.7 Å². The van der Waals surface area contributed by atoms with Gasteiger partial charge in [0.05, 0.1) is 4.08 Å². The summed E-state index contributed by atoms with van der Waals surface area (Å²) in [5.41, 5.74) is 2.77. The van der Waals surface area contributed by atoms with Gasteiger partial charge in [-0.25, -0.2) is 0 Å². The molecule has 0 radical (unpaired) electrons. The van der Waals surface area contributed by atoms with Gasteiger partial charge in [-0.1, -0.05) is 79.6 Å². The van der Waals surface area contributed by atoms with Gasteiger partial charge in [-0.15, -0.1) is 11.8 Å². The van der Waals surface area contributed by atoms with Gasteiger partial charge in [0, 0.05) is 10.8 Å². The summed E-state index contributed by atoms with van der Waals surface area (Å²) in [5, 5.41) is 0. The molecule has 2 aliphatic rings. The Hall–Kier alpha value is -1.12. The first kappa shape index (κ1) is 15.4. The molecule has 0 N–H and O–H groups in total. The van der Waals surface area contributed by atoms with Crippen LogP contribution in [0.1, 0.15) is 42.7 Å². The van der Waals surface area contributed by atoms with E-state index >= 15 is 0 Å². The number of fused-ring (bicyclic) bond motifs is 1. The summed E-state index contributed by atoms with van der Waals surface area (Å²) in [7, 11) is 0.